The van der Waals surface area contributed by atoms with Crippen molar-refractivity contribution in [1.29, 1.82) is 0 Å². The normalized spacial score (nSPS) is 16.3. The van der Waals surface area contributed by atoms with Crippen LogP contribution in [-0.2, 0) is 9.47 Å². The molecule has 19 heavy (non-hydrogen) atoms. The second-order valence-electron chi connectivity index (χ2n) is 5.18. The number of aliphatic hydroxyl groups is 2. The van der Waals surface area contributed by atoms with E-state index in [1.54, 1.807) is 6.92 Å². The van der Waals surface area contributed by atoms with Gasteiger partial charge >= 0.3 is 0 Å². The van der Waals surface area contributed by atoms with Crippen molar-refractivity contribution in [2.45, 2.75) is 51.7 Å². The van der Waals surface area contributed by atoms with Crippen LogP contribution in [0.3, 0.4) is 0 Å². The van der Waals surface area contributed by atoms with E-state index in [2.05, 4.69) is 12.2 Å². The number of nitrogens with one attached hydrogen (secondary N) is 1. The van der Waals surface area contributed by atoms with Gasteiger partial charge in [0.05, 0.1) is 31.5 Å². The van der Waals surface area contributed by atoms with Gasteiger partial charge in [0.15, 0.2) is 0 Å². The van der Waals surface area contributed by atoms with Crippen molar-refractivity contribution in [3.63, 3.8) is 0 Å². The molecule has 0 aromatic carbocycles. The van der Waals surface area contributed by atoms with Crippen molar-refractivity contribution in [3.8, 4) is 0 Å². The van der Waals surface area contributed by atoms with Gasteiger partial charge in [-0.1, -0.05) is 20.3 Å². The topological polar surface area (TPSA) is 71.0 Å². The summed E-state index contributed by atoms with van der Waals surface area (Å²) in [5, 5.41) is 22.4. The third kappa shape index (κ3) is 12.6. The third-order valence-corrected chi connectivity index (χ3v) is 2.97. The van der Waals surface area contributed by atoms with E-state index >= 15 is 0 Å². The van der Waals surface area contributed by atoms with Gasteiger partial charge in [0, 0.05) is 19.7 Å². The molecule has 0 aliphatic rings. The van der Waals surface area contributed by atoms with Crippen molar-refractivity contribution in [2.75, 3.05) is 39.5 Å². The van der Waals surface area contributed by atoms with E-state index in [4.69, 9.17) is 9.47 Å². The van der Waals surface area contributed by atoms with Gasteiger partial charge in [-0.05, 0) is 19.8 Å². The molecule has 0 fully saturated rings. The predicted octanol–water partition coefficient (Wildman–Crippen LogP) is 0.931. The van der Waals surface area contributed by atoms with Gasteiger partial charge in [0.25, 0.3) is 0 Å². The molecule has 0 saturated heterocycles. The quantitative estimate of drug-likeness (QED) is 0.437. The first-order valence-corrected chi connectivity index (χ1v) is 7.28. The lowest BCUT2D eigenvalue weighted by Crippen LogP contribution is -2.41. The molecule has 0 aliphatic heterocycles. The average Bonchev–Trinajstić information content (AvgIpc) is 2.37. The molecule has 0 bridgehead atoms. The molecular formula is C14H31NO4. The summed E-state index contributed by atoms with van der Waals surface area (Å²) in [4.78, 5) is 0. The van der Waals surface area contributed by atoms with Crippen LogP contribution in [0.2, 0.25) is 0 Å². The summed E-state index contributed by atoms with van der Waals surface area (Å²) >= 11 is 0. The SMILES string of the molecule is CCCCOCCOCC(O)CNCC(C)(O)CC. The zero-order chi connectivity index (χ0) is 14.6. The molecule has 0 aromatic rings. The number of unbranched alkanes of at least 4 members (excludes halogenated alkanes) is 1. The van der Waals surface area contributed by atoms with E-state index in [1.807, 2.05) is 6.92 Å². The fourth-order valence-corrected chi connectivity index (χ4v) is 1.38. The zero-order valence-corrected chi connectivity index (χ0v) is 12.7. The molecule has 0 heterocycles. The van der Waals surface area contributed by atoms with Gasteiger partial charge in [-0.2, -0.15) is 0 Å². The molecule has 0 aromatic heterocycles. The minimum Gasteiger partial charge on any atom is -0.389 e. The highest BCUT2D eigenvalue weighted by molar-refractivity contribution is 4.74. The Labute approximate surface area is 117 Å². The molecule has 2 unspecified atom stereocenters. The molecule has 0 aliphatic carbocycles. The van der Waals surface area contributed by atoms with Crippen molar-refractivity contribution in [3.05, 3.63) is 0 Å². The van der Waals surface area contributed by atoms with Crippen molar-refractivity contribution in [1.82, 2.24) is 5.32 Å². The molecule has 116 valence electrons. The zero-order valence-electron chi connectivity index (χ0n) is 12.7. The highest BCUT2D eigenvalue weighted by Crippen LogP contribution is 2.05. The Balaban J connectivity index is 3.33. The second kappa shape index (κ2) is 11.6. The van der Waals surface area contributed by atoms with Gasteiger partial charge in [-0.25, -0.2) is 0 Å². The smallest absolute Gasteiger partial charge is 0.0897 e. The Morgan fingerprint density at radius 2 is 1.84 bits per heavy atom. The maximum Gasteiger partial charge on any atom is 0.0897 e. The second-order valence-corrected chi connectivity index (χ2v) is 5.18. The van der Waals surface area contributed by atoms with Crippen LogP contribution in [0.25, 0.3) is 0 Å². The van der Waals surface area contributed by atoms with E-state index in [1.165, 1.54) is 0 Å². The van der Waals surface area contributed by atoms with Crippen LogP contribution in [0.4, 0.5) is 0 Å². The first-order chi connectivity index (χ1) is 9.02. The highest BCUT2D eigenvalue weighted by atomic mass is 16.5. The first-order valence-electron chi connectivity index (χ1n) is 7.28. The molecule has 0 spiro atoms. The lowest BCUT2D eigenvalue weighted by Gasteiger charge is -2.22. The van der Waals surface area contributed by atoms with E-state index in [-0.39, 0.29) is 0 Å². The monoisotopic (exact) mass is 277 g/mol. The van der Waals surface area contributed by atoms with Crippen LogP contribution in [0.15, 0.2) is 0 Å². The first kappa shape index (κ1) is 18.8. The molecule has 0 saturated carbocycles. The minimum atomic E-state index is -0.715. The van der Waals surface area contributed by atoms with E-state index < -0.39 is 11.7 Å². The molecule has 5 nitrogen and oxygen atoms in total. The summed E-state index contributed by atoms with van der Waals surface area (Å²) in [5.41, 5.74) is -0.715. The van der Waals surface area contributed by atoms with E-state index in [0.29, 0.717) is 39.3 Å². The van der Waals surface area contributed by atoms with Crippen molar-refractivity contribution < 1.29 is 19.7 Å². The van der Waals surface area contributed by atoms with Crippen LogP contribution in [0.5, 0.6) is 0 Å². The Kier molecular flexibility index (Phi) is 11.5. The van der Waals surface area contributed by atoms with E-state index in [9.17, 15) is 10.2 Å². The van der Waals surface area contributed by atoms with Gasteiger partial charge in [-0.15, -0.1) is 0 Å². The minimum absolute atomic E-state index is 0.290. The van der Waals surface area contributed by atoms with Crippen LogP contribution in [0.1, 0.15) is 40.0 Å². The van der Waals surface area contributed by atoms with Gasteiger partial charge in [0.2, 0.25) is 0 Å². The maximum atomic E-state index is 9.76. The number of hydrogen-bond donors (Lipinski definition) is 3. The number of hydrogen-bond acceptors (Lipinski definition) is 5. The maximum absolute atomic E-state index is 9.76. The average molecular weight is 277 g/mol. The molecule has 3 N–H and O–H groups in total. The molecule has 2 atom stereocenters. The largest absolute Gasteiger partial charge is 0.389 e. The molecule has 0 amide bonds. The Morgan fingerprint density at radius 1 is 1.16 bits per heavy atom. The summed E-state index contributed by atoms with van der Waals surface area (Å²) in [6.07, 6.45) is 2.33. The lowest BCUT2D eigenvalue weighted by molar-refractivity contribution is 0.000527. The standard InChI is InChI=1S/C14H31NO4/c1-4-6-7-18-8-9-19-11-13(16)10-15-12-14(3,17)5-2/h13,15-17H,4-12H2,1-3H3. The summed E-state index contributed by atoms with van der Waals surface area (Å²) in [6, 6.07) is 0. The predicted molar refractivity (Wildman–Crippen MR) is 76.3 cm³/mol. The van der Waals surface area contributed by atoms with Crippen LogP contribution >= 0.6 is 0 Å². The summed E-state index contributed by atoms with van der Waals surface area (Å²) in [6.45, 7) is 8.87. The number of rotatable bonds is 13. The van der Waals surface area contributed by atoms with Gasteiger partial charge in [-0.3, -0.25) is 0 Å². The van der Waals surface area contributed by atoms with Gasteiger partial charge in [0.1, 0.15) is 0 Å². The number of ether oxygens (including phenoxy) is 2. The highest BCUT2D eigenvalue weighted by Gasteiger charge is 2.17. The Bertz CT molecular complexity index is 200. The Hall–Kier alpha value is -0.200. The van der Waals surface area contributed by atoms with Crippen LogP contribution in [0, 0.1) is 0 Å². The Morgan fingerprint density at radius 3 is 2.47 bits per heavy atom. The van der Waals surface area contributed by atoms with Crippen molar-refractivity contribution >= 4 is 0 Å². The third-order valence-electron chi connectivity index (χ3n) is 2.97. The van der Waals surface area contributed by atoms with Gasteiger partial charge < -0.3 is 25.0 Å². The summed E-state index contributed by atoms with van der Waals surface area (Å²) in [5.74, 6) is 0. The molecule has 0 radical (unpaired) electrons. The van der Waals surface area contributed by atoms with Crippen LogP contribution < -0.4 is 5.32 Å². The molecule has 0 rings (SSSR count). The fourth-order valence-electron chi connectivity index (χ4n) is 1.38. The summed E-state index contributed by atoms with van der Waals surface area (Å²) < 4.78 is 10.6. The van der Waals surface area contributed by atoms with Crippen molar-refractivity contribution in [2.24, 2.45) is 0 Å². The molecular weight excluding hydrogens is 246 g/mol. The lowest BCUT2D eigenvalue weighted by atomic mass is 10.0. The molecule has 5 heteroatoms. The van der Waals surface area contributed by atoms with Crippen LogP contribution in [-0.4, -0.2) is 61.4 Å². The number of aliphatic hydroxyl groups excluding tert-OH is 1. The fraction of sp³-hybridized carbons (Fsp3) is 1.00. The summed E-state index contributed by atoms with van der Waals surface area (Å²) in [7, 11) is 0. The van der Waals surface area contributed by atoms with E-state index in [0.717, 1.165) is 19.4 Å².